The summed E-state index contributed by atoms with van der Waals surface area (Å²) in [5.41, 5.74) is -1.58. The quantitative estimate of drug-likeness (QED) is 0.116. The zero-order chi connectivity index (χ0) is 33.8. The van der Waals surface area contributed by atoms with Crippen molar-refractivity contribution in [2.45, 2.75) is 19.6 Å². The number of hydrogen-bond donors (Lipinski definition) is 5. The van der Waals surface area contributed by atoms with Crippen LogP contribution in [0.5, 0.6) is 5.75 Å². The minimum absolute atomic E-state index is 0.0971. The van der Waals surface area contributed by atoms with Crippen molar-refractivity contribution in [1.82, 2.24) is 0 Å². The van der Waals surface area contributed by atoms with Crippen molar-refractivity contribution < 1.29 is 69.6 Å². The fourth-order valence-electron chi connectivity index (χ4n) is 4.07. The van der Waals surface area contributed by atoms with Crippen LogP contribution in [-0.2, 0) is 54.8 Å². The normalized spacial score (nSPS) is 13.6. The molecule has 4 rings (SSSR count). The minimum atomic E-state index is -5.21. The molecular formula is C22H18N2O16S5. The summed E-state index contributed by atoms with van der Waals surface area (Å²) in [7, 11) is -24.3. The largest absolute Gasteiger partial charge is 0.505 e. The lowest BCUT2D eigenvalue weighted by atomic mass is 10.1. The lowest BCUT2D eigenvalue weighted by molar-refractivity contribution is 0.284. The van der Waals surface area contributed by atoms with Crippen molar-refractivity contribution in [1.29, 1.82) is 0 Å². The fourth-order valence-corrected chi connectivity index (χ4v) is 7.60. The maximum Gasteiger partial charge on any atom is 0.397 e. The van der Waals surface area contributed by atoms with Gasteiger partial charge in [-0.15, -0.1) is 10.2 Å². The van der Waals surface area contributed by atoms with Gasteiger partial charge in [-0.2, -0.15) is 33.7 Å². The standard InChI is InChI=1S/C22H18N2O16S5/c25-21-16-4-3-15(42(28,29)30)10-13(16)11-19(43(31,32)33)20(21)24-23-18-6-1-12-9-14(2-5-17(12)22(18)44(34,35)36)41(26,27)8-7-40-45(37,38)39/h1-6,9-11,25H,7-8H2,(H,28,29,30)(H,31,32,33)(H,34,35,36)(H,37,38,39)/b24-23+. The van der Waals surface area contributed by atoms with Crippen molar-refractivity contribution in [2.24, 2.45) is 10.2 Å². The molecule has 0 saturated heterocycles. The Balaban J connectivity index is 1.87. The first kappa shape index (κ1) is 34.2. The third-order valence-electron chi connectivity index (χ3n) is 5.98. The Hall–Kier alpha value is -3.65. The van der Waals surface area contributed by atoms with Crippen LogP contribution in [-0.4, -0.2) is 77.8 Å². The highest BCUT2D eigenvalue weighted by Gasteiger charge is 2.25. The molecule has 23 heteroatoms. The van der Waals surface area contributed by atoms with Crippen LogP contribution in [0.4, 0.5) is 11.4 Å². The summed E-state index contributed by atoms with van der Waals surface area (Å²) in [4.78, 5) is -3.15. The molecule has 0 fully saturated rings. The van der Waals surface area contributed by atoms with Crippen LogP contribution in [0.2, 0.25) is 0 Å². The third-order valence-corrected chi connectivity index (χ3v) is 10.8. The predicted octanol–water partition coefficient (Wildman–Crippen LogP) is 2.45. The average Bonchev–Trinajstić information content (AvgIpc) is 2.89. The molecular weight excluding hydrogens is 709 g/mol. The number of nitrogens with zero attached hydrogens (tertiary/aromatic N) is 2. The molecule has 0 unspecified atom stereocenters. The molecule has 5 N–H and O–H groups in total. The molecule has 45 heavy (non-hydrogen) atoms. The molecule has 0 spiro atoms. The number of fused-ring (bicyclic) bond motifs is 2. The Kier molecular flexibility index (Phi) is 8.83. The molecule has 0 saturated carbocycles. The number of benzene rings is 4. The molecule has 0 aliphatic carbocycles. The number of rotatable bonds is 10. The van der Waals surface area contributed by atoms with E-state index in [2.05, 4.69) is 14.4 Å². The Morgan fingerprint density at radius 3 is 1.80 bits per heavy atom. The molecule has 242 valence electrons. The first-order valence-corrected chi connectivity index (χ1v) is 18.9. The van der Waals surface area contributed by atoms with Crippen LogP contribution >= 0.6 is 0 Å². The second-order valence-electron chi connectivity index (χ2n) is 8.95. The van der Waals surface area contributed by atoms with Crippen LogP contribution in [0, 0.1) is 0 Å². The van der Waals surface area contributed by atoms with Gasteiger partial charge in [0, 0.05) is 10.8 Å². The lowest BCUT2D eigenvalue weighted by Gasteiger charge is -2.11. The van der Waals surface area contributed by atoms with Crippen LogP contribution in [0.1, 0.15) is 0 Å². The molecule has 0 aliphatic heterocycles. The van der Waals surface area contributed by atoms with Gasteiger partial charge in [0.1, 0.15) is 21.2 Å². The highest BCUT2D eigenvalue weighted by Crippen LogP contribution is 2.43. The lowest BCUT2D eigenvalue weighted by Crippen LogP contribution is -2.15. The Morgan fingerprint density at radius 1 is 0.622 bits per heavy atom. The first-order valence-electron chi connectivity index (χ1n) is 11.5. The number of hydrogen-bond acceptors (Lipinski definition) is 14. The molecule has 4 aromatic rings. The van der Waals surface area contributed by atoms with Gasteiger partial charge in [-0.1, -0.05) is 12.1 Å². The number of phenols is 1. The molecule has 0 amide bonds. The number of azo groups is 1. The average molecular weight is 727 g/mol. The minimum Gasteiger partial charge on any atom is -0.505 e. The van der Waals surface area contributed by atoms with E-state index in [-0.39, 0.29) is 21.5 Å². The summed E-state index contributed by atoms with van der Waals surface area (Å²) < 4.78 is 160. The van der Waals surface area contributed by atoms with E-state index in [0.717, 1.165) is 48.5 Å². The van der Waals surface area contributed by atoms with E-state index in [4.69, 9.17) is 4.55 Å². The van der Waals surface area contributed by atoms with E-state index in [1.165, 1.54) is 0 Å². The van der Waals surface area contributed by atoms with Crippen LogP contribution < -0.4 is 0 Å². The van der Waals surface area contributed by atoms with E-state index in [1.807, 2.05) is 0 Å². The molecule has 0 heterocycles. The summed E-state index contributed by atoms with van der Waals surface area (Å²) in [6.07, 6.45) is 0. The van der Waals surface area contributed by atoms with Crippen molar-refractivity contribution in [3.63, 3.8) is 0 Å². The Bertz CT molecular complexity index is 2480. The molecule has 0 aromatic heterocycles. The summed E-state index contributed by atoms with van der Waals surface area (Å²) in [5, 5.41) is 17.0. The van der Waals surface area contributed by atoms with Crippen LogP contribution in [0.25, 0.3) is 21.5 Å². The van der Waals surface area contributed by atoms with Gasteiger partial charge in [0.25, 0.3) is 30.4 Å². The Labute approximate surface area is 254 Å². The monoisotopic (exact) mass is 726 g/mol. The maximum atomic E-state index is 12.6. The zero-order valence-corrected chi connectivity index (χ0v) is 25.9. The van der Waals surface area contributed by atoms with Crippen molar-refractivity contribution in [3.8, 4) is 5.75 Å². The smallest absolute Gasteiger partial charge is 0.397 e. The molecule has 4 aromatic carbocycles. The van der Waals surface area contributed by atoms with Crippen LogP contribution in [0.15, 0.2) is 84.4 Å². The van der Waals surface area contributed by atoms with Crippen LogP contribution in [0.3, 0.4) is 0 Å². The number of sulfone groups is 1. The second-order valence-corrected chi connectivity index (χ2v) is 16.3. The van der Waals surface area contributed by atoms with E-state index in [0.29, 0.717) is 6.07 Å². The number of phenolic OH excluding ortho intramolecular Hbond substituents is 1. The van der Waals surface area contributed by atoms with Crippen molar-refractivity contribution in [3.05, 3.63) is 54.6 Å². The molecule has 18 nitrogen and oxygen atoms in total. The highest BCUT2D eigenvalue weighted by molar-refractivity contribution is 7.91. The van der Waals surface area contributed by atoms with E-state index >= 15 is 0 Å². The summed E-state index contributed by atoms with van der Waals surface area (Å²) in [5.74, 6) is -1.87. The second kappa shape index (κ2) is 11.6. The van der Waals surface area contributed by atoms with Gasteiger partial charge in [0.15, 0.2) is 15.6 Å². The predicted molar refractivity (Wildman–Crippen MR) is 153 cm³/mol. The van der Waals surface area contributed by atoms with Gasteiger partial charge in [0.05, 0.1) is 22.2 Å². The SMILES string of the molecule is O=S(=O)(O)OCCS(=O)(=O)c1ccc2c(S(=O)(=O)O)c(/N=N/c3c(S(=O)(=O)O)cc4cc(S(=O)(=O)O)ccc4c3O)ccc2c1. The van der Waals surface area contributed by atoms with Gasteiger partial charge >= 0.3 is 10.4 Å². The van der Waals surface area contributed by atoms with E-state index < -0.39 is 99.7 Å². The van der Waals surface area contributed by atoms with Gasteiger partial charge in [0.2, 0.25) is 0 Å². The Morgan fingerprint density at radius 2 is 1.22 bits per heavy atom. The topological polar surface area (TPSA) is 306 Å². The molecule has 0 radical (unpaired) electrons. The van der Waals surface area contributed by atoms with Crippen molar-refractivity contribution >= 4 is 83.5 Å². The molecule has 0 aliphatic rings. The molecule has 0 atom stereocenters. The van der Waals surface area contributed by atoms with Gasteiger partial charge in [-0.05, 0) is 53.2 Å². The van der Waals surface area contributed by atoms with Crippen molar-refractivity contribution in [2.75, 3.05) is 12.4 Å². The highest BCUT2D eigenvalue weighted by atomic mass is 32.3. The van der Waals surface area contributed by atoms with Gasteiger partial charge < -0.3 is 5.11 Å². The fraction of sp³-hybridized carbons (Fsp3) is 0.0909. The van der Waals surface area contributed by atoms with E-state index in [1.54, 1.807) is 0 Å². The zero-order valence-electron chi connectivity index (χ0n) is 21.8. The van der Waals surface area contributed by atoms with Gasteiger partial charge in [-0.3, -0.25) is 18.2 Å². The summed E-state index contributed by atoms with van der Waals surface area (Å²) >= 11 is 0. The van der Waals surface area contributed by atoms with Gasteiger partial charge in [-0.25, -0.2) is 12.6 Å². The third kappa shape index (κ3) is 7.60. The number of aromatic hydroxyl groups is 1. The first-order chi connectivity index (χ1) is 20.5. The summed E-state index contributed by atoms with van der Waals surface area (Å²) in [6, 6.07) is 8.21. The molecule has 0 bridgehead atoms. The maximum absolute atomic E-state index is 12.6. The van der Waals surface area contributed by atoms with E-state index in [9.17, 15) is 60.9 Å². The summed E-state index contributed by atoms with van der Waals surface area (Å²) in [6.45, 7) is -0.941.